The van der Waals surface area contributed by atoms with Gasteiger partial charge in [-0.3, -0.25) is 10.9 Å². The van der Waals surface area contributed by atoms with Crippen molar-refractivity contribution in [2.45, 2.75) is 0 Å². The third-order valence-corrected chi connectivity index (χ3v) is 2.19. The Morgan fingerprint density at radius 1 is 1.73 bits per heavy atom. The third kappa shape index (κ3) is 3.00. The van der Waals surface area contributed by atoms with Crippen molar-refractivity contribution in [1.82, 2.24) is 10.9 Å². The van der Waals surface area contributed by atoms with E-state index >= 15 is 0 Å². The Balaban J connectivity index is 2.33. The maximum absolute atomic E-state index is 5.17. The molecule has 60 valence electrons. The van der Waals surface area contributed by atoms with Crippen molar-refractivity contribution in [3.05, 3.63) is 0 Å². The van der Waals surface area contributed by atoms with Crippen molar-refractivity contribution >= 4 is 51.5 Å². The van der Waals surface area contributed by atoms with Crippen molar-refractivity contribution in [1.29, 1.82) is 0 Å². The molecule has 11 heavy (non-hydrogen) atoms. The second-order valence-corrected chi connectivity index (χ2v) is 3.78. The molecular formula is C4H6N4S3. The van der Waals surface area contributed by atoms with Crippen LogP contribution in [-0.2, 0) is 0 Å². The fourth-order valence-corrected chi connectivity index (χ4v) is 1.41. The molecule has 4 N–H and O–H groups in total. The molecular weight excluding hydrogens is 200 g/mol. The van der Waals surface area contributed by atoms with Crippen LogP contribution in [0.15, 0.2) is 4.99 Å². The van der Waals surface area contributed by atoms with Crippen LogP contribution in [0, 0.1) is 0 Å². The SMILES string of the molecule is NC(=S)NNC1=NC(=S)SC1. The van der Waals surface area contributed by atoms with Crippen molar-refractivity contribution in [3.8, 4) is 0 Å². The maximum Gasteiger partial charge on any atom is 0.182 e. The van der Waals surface area contributed by atoms with Crippen LogP contribution in [0.5, 0.6) is 0 Å². The molecule has 0 fully saturated rings. The highest BCUT2D eigenvalue weighted by Crippen LogP contribution is 2.12. The number of hydrogen-bond donors (Lipinski definition) is 3. The largest absolute Gasteiger partial charge is 0.375 e. The summed E-state index contributed by atoms with van der Waals surface area (Å²) in [6.45, 7) is 0. The fraction of sp³-hybridized carbons (Fsp3) is 0.250. The zero-order chi connectivity index (χ0) is 8.27. The van der Waals surface area contributed by atoms with E-state index in [4.69, 9.17) is 18.0 Å². The van der Waals surface area contributed by atoms with Gasteiger partial charge < -0.3 is 5.73 Å². The summed E-state index contributed by atoms with van der Waals surface area (Å²) >= 11 is 10.9. The smallest absolute Gasteiger partial charge is 0.182 e. The van der Waals surface area contributed by atoms with Gasteiger partial charge in [-0.1, -0.05) is 24.0 Å². The van der Waals surface area contributed by atoms with Gasteiger partial charge in [0.15, 0.2) is 9.43 Å². The van der Waals surface area contributed by atoms with Crippen molar-refractivity contribution < 1.29 is 0 Å². The molecule has 1 heterocycles. The first-order valence-electron chi connectivity index (χ1n) is 2.74. The standard InChI is InChI=1S/C4H6N4S3/c5-3(9)8-7-2-1-11-4(10)6-2/h1H2,(H3,5,8,9)(H,6,7,10). The molecule has 0 unspecified atom stereocenters. The van der Waals surface area contributed by atoms with Crippen molar-refractivity contribution in [2.75, 3.05) is 5.75 Å². The van der Waals surface area contributed by atoms with E-state index in [1.165, 1.54) is 11.8 Å². The quantitative estimate of drug-likeness (QED) is 0.375. The Bertz CT molecular complexity index is 223. The summed E-state index contributed by atoms with van der Waals surface area (Å²) in [5.74, 6) is 1.50. The summed E-state index contributed by atoms with van der Waals surface area (Å²) in [5, 5.41) is 0.190. The number of aliphatic imine (C=N–C) groups is 1. The molecule has 0 aromatic rings. The number of hydrazine groups is 1. The number of thioether (sulfide) groups is 1. The first-order valence-corrected chi connectivity index (χ1v) is 4.54. The van der Waals surface area contributed by atoms with E-state index in [0.717, 1.165) is 11.6 Å². The molecule has 7 heteroatoms. The Kier molecular flexibility index (Phi) is 3.03. The van der Waals surface area contributed by atoms with Gasteiger partial charge in [0, 0.05) is 0 Å². The Morgan fingerprint density at radius 2 is 2.45 bits per heavy atom. The number of nitrogens with one attached hydrogen (secondary N) is 2. The molecule has 0 atom stereocenters. The third-order valence-electron chi connectivity index (χ3n) is 0.889. The van der Waals surface area contributed by atoms with Gasteiger partial charge in [-0.25, -0.2) is 4.99 Å². The molecule has 0 saturated carbocycles. The molecule has 0 amide bonds. The van der Waals surface area contributed by atoms with Gasteiger partial charge >= 0.3 is 0 Å². The van der Waals surface area contributed by atoms with E-state index in [2.05, 4.69) is 28.1 Å². The average molecular weight is 206 g/mol. The van der Waals surface area contributed by atoms with Crippen LogP contribution in [0.2, 0.25) is 0 Å². The number of hydrogen-bond acceptors (Lipinski definition) is 4. The van der Waals surface area contributed by atoms with Crippen LogP contribution < -0.4 is 16.6 Å². The molecule has 0 saturated heterocycles. The molecule has 0 bridgehead atoms. The van der Waals surface area contributed by atoms with Crippen LogP contribution in [-0.4, -0.2) is 21.0 Å². The summed E-state index contributed by atoms with van der Waals surface area (Å²) in [4.78, 5) is 3.98. The lowest BCUT2D eigenvalue weighted by atomic mass is 10.7. The molecule has 1 aliphatic heterocycles. The molecule has 0 aliphatic carbocycles. The minimum atomic E-state index is 0.190. The average Bonchev–Trinajstić information content (AvgIpc) is 2.31. The summed E-state index contributed by atoms with van der Waals surface area (Å²) in [7, 11) is 0. The number of nitrogens with two attached hydrogens (primary N) is 1. The maximum atomic E-state index is 5.17. The van der Waals surface area contributed by atoms with E-state index in [1.807, 2.05) is 0 Å². The van der Waals surface area contributed by atoms with E-state index in [0.29, 0.717) is 4.32 Å². The van der Waals surface area contributed by atoms with Crippen LogP contribution in [0.1, 0.15) is 0 Å². The molecule has 0 radical (unpaired) electrons. The molecule has 4 nitrogen and oxygen atoms in total. The van der Waals surface area contributed by atoms with Crippen LogP contribution in [0.25, 0.3) is 0 Å². The van der Waals surface area contributed by atoms with E-state index in [-0.39, 0.29) is 5.11 Å². The molecule has 1 rings (SSSR count). The minimum absolute atomic E-state index is 0.190. The van der Waals surface area contributed by atoms with Crippen LogP contribution in [0.4, 0.5) is 0 Å². The number of rotatable bonds is 0. The summed E-state index contributed by atoms with van der Waals surface area (Å²) in [6.07, 6.45) is 0. The van der Waals surface area contributed by atoms with Crippen LogP contribution >= 0.6 is 36.2 Å². The van der Waals surface area contributed by atoms with Gasteiger partial charge in [0.05, 0.1) is 5.75 Å². The number of nitrogens with zero attached hydrogens (tertiary/aromatic N) is 1. The number of amidine groups is 1. The van der Waals surface area contributed by atoms with Gasteiger partial charge in [0.2, 0.25) is 0 Å². The lowest BCUT2D eigenvalue weighted by molar-refractivity contribution is 0.868. The van der Waals surface area contributed by atoms with Gasteiger partial charge in [-0.2, -0.15) is 0 Å². The lowest BCUT2D eigenvalue weighted by Crippen LogP contribution is -2.44. The highest BCUT2D eigenvalue weighted by molar-refractivity contribution is 8.23. The predicted octanol–water partition coefficient (Wildman–Crippen LogP) is -0.246. The predicted molar refractivity (Wildman–Crippen MR) is 55.5 cm³/mol. The van der Waals surface area contributed by atoms with Crippen molar-refractivity contribution in [2.24, 2.45) is 10.7 Å². The first kappa shape index (κ1) is 8.69. The normalized spacial score (nSPS) is 16.0. The second-order valence-electron chi connectivity index (χ2n) is 1.73. The van der Waals surface area contributed by atoms with Crippen LogP contribution in [0.3, 0.4) is 0 Å². The Hall–Kier alpha value is -0.400. The topological polar surface area (TPSA) is 62.4 Å². The van der Waals surface area contributed by atoms with Crippen molar-refractivity contribution in [3.63, 3.8) is 0 Å². The van der Waals surface area contributed by atoms with Gasteiger partial charge in [-0.05, 0) is 12.2 Å². The summed E-state index contributed by atoms with van der Waals surface area (Å²) < 4.78 is 0.636. The Labute approximate surface area is 79.0 Å². The molecule has 0 aromatic carbocycles. The highest BCUT2D eigenvalue weighted by Gasteiger charge is 2.10. The van der Waals surface area contributed by atoms with E-state index < -0.39 is 0 Å². The molecule has 1 aliphatic rings. The number of thiocarbonyl (C=S) groups is 2. The van der Waals surface area contributed by atoms with Gasteiger partial charge in [-0.15, -0.1) is 0 Å². The minimum Gasteiger partial charge on any atom is -0.375 e. The van der Waals surface area contributed by atoms with E-state index in [9.17, 15) is 0 Å². The van der Waals surface area contributed by atoms with E-state index in [1.54, 1.807) is 0 Å². The van der Waals surface area contributed by atoms with Gasteiger partial charge in [0.25, 0.3) is 0 Å². The highest BCUT2D eigenvalue weighted by atomic mass is 32.2. The first-order chi connectivity index (χ1) is 5.18. The summed E-state index contributed by atoms with van der Waals surface area (Å²) in [5.41, 5.74) is 10.5. The second kappa shape index (κ2) is 3.84. The fourth-order valence-electron chi connectivity index (χ4n) is 0.503. The summed E-state index contributed by atoms with van der Waals surface area (Å²) in [6, 6.07) is 0. The Morgan fingerprint density at radius 3 is 2.91 bits per heavy atom. The lowest BCUT2D eigenvalue weighted by Gasteiger charge is -2.04. The monoisotopic (exact) mass is 206 g/mol. The van der Waals surface area contributed by atoms with Gasteiger partial charge in [0.1, 0.15) is 5.84 Å². The molecule has 0 aromatic heterocycles. The molecule has 0 spiro atoms. The zero-order valence-electron chi connectivity index (χ0n) is 5.46. The zero-order valence-corrected chi connectivity index (χ0v) is 7.91.